The second-order valence-corrected chi connectivity index (χ2v) is 4.96. The van der Waals surface area contributed by atoms with Crippen LogP contribution in [0.25, 0.3) is 0 Å². The van der Waals surface area contributed by atoms with Gasteiger partial charge >= 0.3 is 35.8 Å². The summed E-state index contributed by atoms with van der Waals surface area (Å²) in [7, 11) is 0. The van der Waals surface area contributed by atoms with Gasteiger partial charge in [0.15, 0.2) is 0 Å². The van der Waals surface area contributed by atoms with Crippen LogP contribution in [0.1, 0.15) is 12.8 Å². The van der Waals surface area contributed by atoms with Crippen molar-refractivity contribution in [3.8, 4) is 0 Å². The largest absolute Gasteiger partial charge is 0.460 e. The molecule has 14 heteroatoms. The zero-order valence-corrected chi connectivity index (χ0v) is 12.4. The van der Waals surface area contributed by atoms with E-state index in [0.717, 1.165) is 0 Å². The van der Waals surface area contributed by atoms with Crippen molar-refractivity contribution < 1.29 is 62.9 Å². The number of ether oxygens (including phenoxy) is 1. The van der Waals surface area contributed by atoms with Gasteiger partial charge in [0, 0.05) is 12.5 Å². The number of rotatable bonds is 8. The first kappa shape index (κ1) is 24.4. The Hall–Kier alpha value is -1.60. The van der Waals surface area contributed by atoms with Gasteiger partial charge in [-0.2, -0.15) is 43.9 Å². The third kappa shape index (κ3) is 4.57. The molecule has 0 saturated carbocycles. The molecule has 0 fully saturated rings. The zero-order valence-electron chi connectivity index (χ0n) is 12.4. The molecule has 0 amide bonds. The number of hydrogen-bond donors (Lipinski definition) is 1. The number of alkyl halides is 11. The Labute approximate surface area is 138 Å². The summed E-state index contributed by atoms with van der Waals surface area (Å²) in [4.78, 5) is 10.6. The lowest BCUT2D eigenvalue weighted by Crippen LogP contribution is -2.70. The monoisotopic (exact) mass is 412 g/mol. The summed E-state index contributed by atoms with van der Waals surface area (Å²) in [6.07, 6.45) is -20.4. The molecule has 26 heavy (non-hydrogen) atoms. The van der Waals surface area contributed by atoms with E-state index in [1.807, 2.05) is 0 Å². The molecule has 0 radical (unpaired) electrons. The molecule has 1 N–H and O–H groups in total. The van der Waals surface area contributed by atoms with Crippen LogP contribution in [0, 0.1) is 0 Å². The van der Waals surface area contributed by atoms with Gasteiger partial charge in [-0.1, -0.05) is 6.58 Å². The van der Waals surface area contributed by atoms with E-state index in [0.29, 0.717) is 6.08 Å². The Balaban J connectivity index is 5.47. The summed E-state index contributed by atoms with van der Waals surface area (Å²) in [5, 5.41) is 9.12. The van der Waals surface area contributed by atoms with E-state index in [-0.39, 0.29) is 0 Å². The van der Waals surface area contributed by atoms with Gasteiger partial charge in [0.25, 0.3) is 0 Å². The second-order valence-electron chi connectivity index (χ2n) is 4.96. The lowest BCUT2D eigenvalue weighted by Gasteiger charge is -2.39. The summed E-state index contributed by atoms with van der Waals surface area (Å²) in [5.41, 5.74) is -7.53. The van der Waals surface area contributed by atoms with E-state index in [2.05, 4.69) is 11.3 Å². The van der Waals surface area contributed by atoms with Crippen LogP contribution >= 0.6 is 0 Å². The van der Waals surface area contributed by atoms with Gasteiger partial charge in [-0.05, 0) is 6.42 Å². The van der Waals surface area contributed by atoms with E-state index >= 15 is 0 Å². The fourth-order valence-electron chi connectivity index (χ4n) is 1.59. The molecule has 0 aromatic carbocycles. The Morgan fingerprint density at radius 2 is 1.38 bits per heavy atom. The van der Waals surface area contributed by atoms with Gasteiger partial charge in [0.2, 0.25) is 0 Å². The predicted octanol–water partition coefficient (Wildman–Crippen LogP) is 3.96. The molecule has 0 aromatic rings. The molecule has 0 aromatic heterocycles. The van der Waals surface area contributed by atoms with E-state index in [4.69, 9.17) is 5.11 Å². The molecule has 0 rings (SSSR count). The summed E-state index contributed by atoms with van der Waals surface area (Å²) in [6, 6.07) is 0. The van der Waals surface area contributed by atoms with Crippen LogP contribution < -0.4 is 0 Å². The van der Waals surface area contributed by atoms with Crippen molar-refractivity contribution in [2.45, 2.75) is 48.8 Å². The van der Waals surface area contributed by atoms with Crippen molar-refractivity contribution in [2.75, 3.05) is 6.61 Å². The van der Waals surface area contributed by atoms with Gasteiger partial charge in [0.1, 0.15) is 6.61 Å². The van der Waals surface area contributed by atoms with E-state index in [1.165, 1.54) is 0 Å². The molecule has 1 unspecified atom stereocenters. The standard InChI is InChI=1S/C12H11F11O3/c1-2-7(25)26-5-6(24)3-4-8(13,14)10(16,17)9(15,11(18,19)20)12(21,22)23/h2,6,24H,1,3-5H2. The highest BCUT2D eigenvalue weighted by Gasteiger charge is 2.89. The molecule has 0 spiro atoms. The molecule has 1 atom stereocenters. The summed E-state index contributed by atoms with van der Waals surface area (Å²) >= 11 is 0. The van der Waals surface area contributed by atoms with E-state index in [9.17, 15) is 53.1 Å². The van der Waals surface area contributed by atoms with Crippen molar-refractivity contribution in [1.82, 2.24) is 0 Å². The third-order valence-corrected chi connectivity index (χ3v) is 3.05. The van der Waals surface area contributed by atoms with Crippen LogP contribution in [0.5, 0.6) is 0 Å². The predicted molar refractivity (Wildman–Crippen MR) is 62.2 cm³/mol. The number of carbonyl (C=O) groups is 1. The Bertz CT molecular complexity index is 496. The summed E-state index contributed by atoms with van der Waals surface area (Å²) in [6.45, 7) is 1.81. The number of aliphatic hydroxyl groups excluding tert-OH is 1. The molecule has 0 aliphatic rings. The highest BCUT2D eigenvalue weighted by atomic mass is 19.4. The van der Waals surface area contributed by atoms with Crippen molar-refractivity contribution in [1.29, 1.82) is 0 Å². The van der Waals surface area contributed by atoms with Crippen LogP contribution in [-0.4, -0.2) is 53.7 Å². The van der Waals surface area contributed by atoms with Gasteiger partial charge < -0.3 is 9.84 Å². The minimum Gasteiger partial charge on any atom is -0.460 e. The SMILES string of the molecule is C=CC(=O)OCC(O)CCC(F)(F)C(F)(F)C(F)(C(F)(F)F)C(F)(F)F. The maximum absolute atomic E-state index is 13.4. The summed E-state index contributed by atoms with van der Waals surface area (Å²) < 4.78 is 144. The van der Waals surface area contributed by atoms with Crippen molar-refractivity contribution >= 4 is 5.97 Å². The van der Waals surface area contributed by atoms with E-state index in [1.54, 1.807) is 0 Å². The third-order valence-electron chi connectivity index (χ3n) is 3.05. The van der Waals surface area contributed by atoms with E-state index < -0.39 is 61.4 Å². The van der Waals surface area contributed by atoms with Crippen LogP contribution in [0.3, 0.4) is 0 Å². The molecule has 0 saturated heterocycles. The maximum atomic E-state index is 13.4. The van der Waals surface area contributed by atoms with Crippen LogP contribution in [0.15, 0.2) is 12.7 Å². The van der Waals surface area contributed by atoms with Gasteiger partial charge in [-0.15, -0.1) is 0 Å². The minimum absolute atomic E-state index is 0.555. The van der Waals surface area contributed by atoms with Crippen molar-refractivity contribution in [3.63, 3.8) is 0 Å². The average molecular weight is 412 g/mol. The molecule has 3 nitrogen and oxygen atoms in total. The first-order valence-corrected chi connectivity index (χ1v) is 6.40. The van der Waals surface area contributed by atoms with Crippen LogP contribution in [0.4, 0.5) is 48.3 Å². The van der Waals surface area contributed by atoms with Crippen molar-refractivity contribution in [3.05, 3.63) is 12.7 Å². The quantitative estimate of drug-likeness (QED) is 0.373. The molecule has 0 aliphatic carbocycles. The topological polar surface area (TPSA) is 46.5 Å². The first-order chi connectivity index (χ1) is 11.3. The number of carbonyl (C=O) groups excluding carboxylic acids is 1. The van der Waals surface area contributed by atoms with Gasteiger partial charge in [-0.3, -0.25) is 0 Å². The Kier molecular flexibility index (Phi) is 7.10. The normalized spacial score (nSPS) is 15.5. The number of aliphatic hydroxyl groups is 1. The fraction of sp³-hybridized carbons (Fsp3) is 0.750. The van der Waals surface area contributed by atoms with Gasteiger partial charge in [-0.25, -0.2) is 9.18 Å². The molecule has 154 valence electrons. The highest BCUT2D eigenvalue weighted by Crippen LogP contribution is 2.59. The molecule has 0 bridgehead atoms. The Morgan fingerprint density at radius 3 is 1.73 bits per heavy atom. The molecule has 0 heterocycles. The van der Waals surface area contributed by atoms with Crippen LogP contribution in [0.2, 0.25) is 0 Å². The molecular formula is C12H11F11O3. The first-order valence-electron chi connectivity index (χ1n) is 6.40. The fourth-order valence-corrected chi connectivity index (χ4v) is 1.59. The van der Waals surface area contributed by atoms with Gasteiger partial charge in [0.05, 0.1) is 6.10 Å². The summed E-state index contributed by atoms with van der Waals surface area (Å²) in [5.74, 6) is -14.6. The molecular weight excluding hydrogens is 401 g/mol. The smallest absolute Gasteiger partial charge is 0.438 e. The zero-order chi connectivity index (χ0) is 21.2. The Morgan fingerprint density at radius 1 is 0.962 bits per heavy atom. The van der Waals surface area contributed by atoms with Crippen molar-refractivity contribution in [2.24, 2.45) is 0 Å². The van der Waals surface area contributed by atoms with Crippen LogP contribution in [-0.2, 0) is 9.53 Å². The lowest BCUT2D eigenvalue weighted by molar-refractivity contribution is -0.427. The number of esters is 1. The lowest BCUT2D eigenvalue weighted by atomic mass is 9.88. The minimum atomic E-state index is -7.53. The second kappa shape index (κ2) is 7.56. The highest BCUT2D eigenvalue weighted by molar-refractivity contribution is 5.81. The number of hydrogen-bond acceptors (Lipinski definition) is 3. The molecule has 0 aliphatic heterocycles. The number of halogens is 11. The maximum Gasteiger partial charge on any atom is 0.438 e. The average Bonchev–Trinajstić information content (AvgIpc) is 2.46.